The van der Waals surface area contributed by atoms with Gasteiger partial charge in [-0.1, -0.05) is 12.1 Å². The Balaban J connectivity index is 1.09. The number of hydrogen-bond acceptors (Lipinski definition) is 9. The monoisotopic (exact) mass is 662 g/mol. The van der Waals surface area contributed by atoms with E-state index in [9.17, 15) is 19.1 Å². The molecule has 8 rings (SSSR count). The summed E-state index contributed by atoms with van der Waals surface area (Å²) < 4.78 is 24.3. The summed E-state index contributed by atoms with van der Waals surface area (Å²) in [6.07, 6.45) is 8.17. The zero-order valence-electron chi connectivity index (χ0n) is 27.1. The summed E-state index contributed by atoms with van der Waals surface area (Å²) in [5.41, 5.74) is 2.84. The number of anilines is 3. The molecule has 2 fully saturated rings. The van der Waals surface area contributed by atoms with Gasteiger partial charge in [0.15, 0.2) is 0 Å². The summed E-state index contributed by atoms with van der Waals surface area (Å²) in [4.78, 5) is 40.9. The maximum Gasteiger partial charge on any atom is 0.280 e. The second-order valence-corrected chi connectivity index (χ2v) is 12.7. The predicted molar refractivity (Wildman–Crippen MR) is 185 cm³/mol. The molecule has 1 aromatic carbocycles. The molecule has 0 saturated carbocycles. The first-order chi connectivity index (χ1) is 23.8. The molecule has 49 heavy (non-hydrogen) atoms. The SMILES string of the molecule is CC1CN(C2COC2)CCN1c1ccc(Nc2cc(-c3ccnc(-n4ccn5c(cc6cccc(F)c65)c4=O)c3CO)cn(C)c2=O)nc1. The highest BCUT2D eigenvalue weighted by molar-refractivity contribution is 5.87. The number of rotatable bonds is 7. The molecule has 1 unspecified atom stereocenters. The number of fused-ring (bicyclic) bond motifs is 3. The van der Waals surface area contributed by atoms with Crippen molar-refractivity contribution in [3.05, 3.63) is 112 Å². The van der Waals surface area contributed by atoms with Crippen molar-refractivity contribution in [3.63, 3.8) is 0 Å². The van der Waals surface area contributed by atoms with Crippen molar-refractivity contribution in [2.24, 2.45) is 7.05 Å². The lowest BCUT2D eigenvalue weighted by molar-refractivity contribution is -0.0691. The van der Waals surface area contributed by atoms with Gasteiger partial charge in [0.2, 0.25) is 0 Å². The molecule has 2 aliphatic heterocycles. The van der Waals surface area contributed by atoms with E-state index >= 15 is 0 Å². The minimum absolute atomic E-state index is 0.231. The van der Waals surface area contributed by atoms with E-state index in [0.29, 0.717) is 51.2 Å². The molecular formula is C36H35FN8O4. The summed E-state index contributed by atoms with van der Waals surface area (Å²) in [5.74, 6) is 0.318. The van der Waals surface area contributed by atoms with E-state index in [0.717, 1.165) is 38.5 Å². The largest absolute Gasteiger partial charge is 0.392 e. The number of nitrogens with zero attached hydrogens (tertiary/aromatic N) is 7. The molecule has 0 radical (unpaired) electrons. The number of ether oxygens (including phenoxy) is 1. The maximum absolute atomic E-state index is 14.6. The number of aryl methyl sites for hydroxylation is 1. The molecular weight excluding hydrogens is 627 g/mol. The number of aliphatic hydroxyl groups is 1. The van der Waals surface area contributed by atoms with Gasteiger partial charge in [0.1, 0.15) is 28.7 Å². The van der Waals surface area contributed by atoms with Gasteiger partial charge >= 0.3 is 0 Å². The molecule has 13 heteroatoms. The molecule has 2 aliphatic rings. The molecule has 5 aromatic heterocycles. The summed E-state index contributed by atoms with van der Waals surface area (Å²) in [6.45, 7) is 6.25. The average Bonchev–Trinajstić information content (AvgIpc) is 3.47. The summed E-state index contributed by atoms with van der Waals surface area (Å²) in [7, 11) is 1.65. The van der Waals surface area contributed by atoms with Crippen LogP contribution in [0.2, 0.25) is 0 Å². The van der Waals surface area contributed by atoms with E-state index in [2.05, 4.69) is 32.0 Å². The first-order valence-corrected chi connectivity index (χ1v) is 16.2. The van der Waals surface area contributed by atoms with Gasteiger partial charge in [0, 0.05) is 74.0 Å². The van der Waals surface area contributed by atoms with Crippen LogP contribution in [0.3, 0.4) is 0 Å². The normalized spacial score (nSPS) is 17.1. The van der Waals surface area contributed by atoms with Crippen molar-refractivity contribution in [2.45, 2.75) is 25.6 Å². The number of nitrogens with one attached hydrogen (secondary N) is 1. The van der Waals surface area contributed by atoms with Crippen LogP contribution in [0.1, 0.15) is 12.5 Å². The predicted octanol–water partition coefficient (Wildman–Crippen LogP) is 3.68. The number of hydrogen-bond donors (Lipinski definition) is 2. The molecule has 0 spiro atoms. The third-order valence-electron chi connectivity index (χ3n) is 9.67. The fourth-order valence-corrected chi connectivity index (χ4v) is 7.02. The van der Waals surface area contributed by atoms with Crippen molar-refractivity contribution in [1.82, 2.24) is 28.4 Å². The van der Waals surface area contributed by atoms with Crippen molar-refractivity contribution < 1.29 is 14.2 Å². The highest BCUT2D eigenvalue weighted by Crippen LogP contribution is 2.30. The number of halogens is 1. The van der Waals surface area contributed by atoms with Crippen molar-refractivity contribution in [1.29, 1.82) is 0 Å². The lowest BCUT2D eigenvalue weighted by Gasteiger charge is -2.46. The molecule has 0 amide bonds. The third-order valence-corrected chi connectivity index (χ3v) is 9.67. The molecule has 2 N–H and O–H groups in total. The Morgan fingerprint density at radius 1 is 1.04 bits per heavy atom. The summed E-state index contributed by atoms with van der Waals surface area (Å²) in [5, 5.41) is 14.4. The smallest absolute Gasteiger partial charge is 0.280 e. The van der Waals surface area contributed by atoms with Crippen LogP contribution in [0.4, 0.5) is 21.6 Å². The van der Waals surface area contributed by atoms with Crippen LogP contribution in [0, 0.1) is 5.82 Å². The van der Waals surface area contributed by atoms with E-state index in [-0.39, 0.29) is 16.9 Å². The van der Waals surface area contributed by atoms with Gasteiger partial charge in [-0.25, -0.2) is 14.4 Å². The van der Waals surface area contributed by atoms with E-state index in [1.54, 1.807) is 56.0 Å². The molecule has 7 heterocycles. The van der Waals surface area contributed by atoms with Crippen LogP contribution >= 0.6 is 0 Å². The molecule has 2 saturated heterocycles. The Morgan fingerprint density at radius 2 is 1.90 bits per heavy atom. The highest BCUT2D eigenvalue weighted by Gasteiger charge is 2.32. The van der Waals surface area contributed by atoms with Crippen molar-refractivity contribution >= 4 is 33.6 Å². The van der Waals surface area contributed by atoms with Crippen LogP contribution in [0.5, 0.6) is 0 Å². The standard InChI is InChI=1S/C36H35FN8O4/c1-22-17-42(26-20-49-21-26)10-11-43(22)25-6-7-32(39-16-25)40-30-14-24(18-41(2)35(30)47)27-8-9-38-34(28(27)19-46)45-13-12-44-31(36(45)48)15-23-4-3-5-29(37)33(23)44/h3-9,12-16,18,22,26,46H,10-11,17,19-21H2,1-2H3,(H,39,40). The molecule has 12 nitrogen and oxygen atoms in total. The van der Waals surface area contributed by atoms with E-state index < -0.39 is 18.0 Å². The topological polar surface area (TPSA) is 122 Å². The van der Waals surface area contributed by atoms with Crippen LogP contribution in [0.25, 0.3) is 33.4 Å². The minimum atomic E-state index is -0.431. The number of benzene rings is 1. The average molecular weight is 663 g/mol. The quantitative estimate of drug-likeness (QED) is 0.264. The second-order valence-electron chi connectivity index (χ2n) is 12.7. The fraction of sp³-hybridized carbons (Fsp3) is 0.278. The van der Waals surface area contributed by atoms with Gasteiger partial charge in [-0.15, -0.1) is 0 Å². The van der Waals surface area contributed by atoms with Gasteiger partial charge in [0.05, 0.1) is 43.3 Å². The number of pyridine rings is 3. The fourth-order valence-electron chi connectivity index (χ4n) is 7.02. The molecule has 6 aromatic rings. The van der Waals surface area contributed by atoms with Gasteiger partial charge in [-0.05, 0) is 48.9 Å². The number of aromatic nitrogens is 5. The Hall–Kier alpha value is -5.37. The van der Waals surface area contributed by atoms with Gasteiger partial charge in [-0.2, -0.15) is 0 Å². The first-order valence-electron chi connectivity index (χ1n) is 16.2. The van der Waals surface area contributed by atoms with Gasteiger partial charge < -0.3 is 29.0 Å². The summed E-state index contributed by atoms with van der Waals surface area (Å²) in [6, 6.07) is 14.5. The van der Waals surface area contributed by atoms with E-state index in [1.165, 1.54) is 25.8 Å². The lowest BCUT2D eigenvalue weighted by atomic mass is 10.0. The van der Waals surface area contributed by atoms with Crippen LogP contribution < -0.4 is 21.3 Å². The Bertz CT molecular complexity index is 2330. The Kier molecular flexibility index (Phi) is 7.74. The van der Waals surface area contributed by atoms with Gasteiger partial charge in [-0.3, -0.25) is 19.1 Å². The minimum Gasteiger partial charge on any atom is -0.392 e. The molecule has 1 atom stereocenters. The Labute approximate surface area is 280 Å². The number of aliphatic hydroxyl groups excluding tert-OH is 1. The highest BCUT2D eigenvalue weighted by atomic mass is 19.1. The van der Waals surface area contributed by atoms with Crippen LogP contribution in [0.15, 0.2) is 89.1 Å². The maximum atomic E-state index is 14.6. The first kappa shape index (κ1) is 30.9. The van der Waals surface area contributed by atoms with Gasteiger partial charge in [0.25, 0.3) is 11.1 Å². The third kappa shape index (κ3) is 5.36. The lowest BCUT2D eigenvalue weighted by Crippen LogP contribution is -2.59. The van der Waals surface area contributed by atoms with Crippen molar-refractivity contribution in [2.75, 3.05) is 43.1 Å². The molecule has 250 valence electrons. The van der Waals surface area contributed by atoms with E-state index in [4.69, 9.17) is 4.74 Å². The second kappa shape index (κ2) is 12.3. The zero-order valence-corrected chi connectivity index (χ0v) is 27.1. The van der Waals surface area contributed by atoms with E-state index in [1.807, 2.05) is 18.3 Å². The summed E-state index contributed by atoms with van der Waals surface area (Å²) >= 11 is 0. The number of para-hydroxylation sites is 1. The molecule has 0 aliphatic carbocycles. The van der Waals surface area contributed by atoms with Crippen LogP contribution in [-0.4, -0.2) is 78.4 Å². The van der Waals surface area contributed by atoms with Crippen molar-refractivity contribution in [3.8, 4) is 16.9 Å². The Morgan fingerprint density at radius 3 is 2.63 bits per heavy atom. The zero-order chi connectivity index (χ0) is 33.8. The van der Waals surface area contributed by atoms with Crippen LogP contribution in [-0.2, 0) is 18.4 Å². The number of piperazine rings is 1. The molecule has 0 bridgehead atoms.